The van der Waals surface area contributed by atoms with Crippen molar-refractivity contribution in [3.63, 3.8) is 0 Å². The van der Waals surface area contributed by atoms with Crippen molar-refractivity contribution >= 4 is 16.8 Å². The summed E-state index contributed by atoms with van der Waals surface area (Å²) in [5.74, 6) is -0.334. The van der Waals surface area contributed by atoms with Crippen LogP contribution < -0.4 is 0 Å². The van der Waals surface area contributed by atoms with Crippen LogP contribution in [0.3, 0.4) is 0 Å². The summed E-state index contributed by atoms with van der Waals surface area (Å²) in [6, 6.07) is 4.91. The van der Waals surface area contributed by atoms with Gasteiger partial charge in [0.1, 0.15) is 5.82 Å². The molecular weight excluding hydrogens is 295 g/mol. The number of halogens is 1. The second kappa shape index (κ2) is 4.94. The third-order valence-electron chi connectivity index (χ3n) is 4.65. The van der Waals surface area contributed by atoms with Gasteiger partial charge in [-0.3, -0.25) is 4.79 Å². The van der Waals surface area contributed by atoms with E-state index in [9.17, 15) is 9.18 Å². The predicted octanol–water partition coefficient (Wildman–Crippen LogP) is 2.48. The molecule has 1 aliphatic heterocycles. The van der Waals surface area contributed by atoms with Gasteiger partial charge in [0.05, 0.1) is 24.1 Å². The number of imidazole rings is 1. The zero-order valence-corrected chi connectivity index (χ0v) is 13.1. The van der Waals surface area contributed by atoms with Crippen molar-refractivity contribution in [2.75, 3.05) is 6.54 Å². The lowest BCUT2D eigenvalue weighted by Gasteiger charge is -2.28. The third kappa shape index (κ3) is 1.98. The van der Waals surface area contributed by atoms with Crippen LogP contribution in [0.5, 0.6) is 0 Å². The van der Waals surface area contributed by atoms with E-state index in [1.807, 2.05) is 29.2 Å². The van der Waals surface area contributed by atoms with Crippen LogP contribution in [-0.4, -0.2) is 31.5 Å². The van der Waals surface area contributed by atoms with Gasteiger partial charge in [-0.2, -0.15) is 0 Å². The Balaban J connectivity index is 1.80. The molecule has 6 heteroatoms. The van der Waals surface area contributed by atoms with Crippen molar-refractivity contribution in [2.24, 2.45) is 7.05 Å². The Hall–Kier alpha value is -2.63. The average molecular weight is 312 g/mol. The number of benzene rings is 1. The lowest BCUT2D eigenvalue weighted by atomic mass is 10.0. The monoisotopic (exact) mass is 312 g/mol. The number of aromatic nitrogens is 3. The maximum absolute atomic E-state index is 14.2. The number of rotatable bonds is 2. The van der Waals surface area contributed by atoms with E-state index in [0.29, 0.717) is 29.7 Å². The Kier molecular flexibility index (Phi) is 3.01. The number of aryl methyl sites for hydroxylation is 2. The molecule has 0 bridgehead atoms. The fourth-order valence-corrected chi connectivity index (χ4v) is 3.40. The van der Waals surface area contributed by atoms with E-state index >= 15 is 0 Å². The number of para-hydroxylation sites is 1. The minimum atomic E-state index is -0.288. The minimum Gasteiger partial charge on any atom is -0.344 e. The summed E-state index contributed by atoms with van der Waals surface area (Å²) in [7, 11) is 1.83. The molecule has 2 aromatic heterocycles. The van der Waals surface area contributed by atoms with Crippen LogP contribution in [-0.2, 0) is 20.1 Å². The number of carbonyl (C=O) groups is 1. The Bertz CT molecular complexity index is 924. The highest BCUT2D eigenvalue weighted by Crippen LogP contribution is 2.31. The van der Waals surface area contributed by atoms with Gasteiger partial charge in [0.25, 0.3) is 5.91 Å². The number of fused-ring (bicyclic) bond motifs is 3. The second-order valence-electron chi connectivity index (χ2n) is 5.98. The first kappa shape index (κ1) is 14.0. The summed E-state index contributed by atoms with van der Waals surface area (Å²) in [6.07, 6.45) is 4.22. The number of amides is 1. The highest BCUT2D eigenvalue weighted by atomic mass is 19.1. The van der Waals surface area contributed by atoms with Crippen molar-refractivity contribution < 1.29 is 9.18 Å². The number of hydrogen-bond acceptors (Lipinski definition) is 2. The highest BCUT2D eigenvalue weighted by molar-refractivity contribution is 6.09. The molecule has 3 aromatic rings. The quantitative estimate of drug-likeness (QED) is 0.729. The summed E-state index contributed by atoms with van der Waals surface area (Å²) in [6.45, 7) is 3.05. The van der Waals surface area contributed by atoms with E-state index < -0.39 is 0 Å². The van der Waals surface area contributed by atoms with Gasteiger partial charge in [-0.05, 0) is 13.0 Å². The fourth-order valence-electron chi connectivity index (χ4n) is 3.40. The van der Waals surface area contributed by atoms with Crippen LogP contribution in [0.1, 0.15) is 21.7 Å². The summed E-state index contributed by atoms with van der Waals surface area (Å²) in [4.78, 5) is 18.8. The number of hydrogen-bond donors (Lipinski definition) is 0. The van der Waals surface area contributed by atoms with Crippen molar-refractivity contribution in [3.05, 3.63) is 53.5 Å². The number of carbonyl (C=O) groups excluding carboxylic acids is 1. The van der Waals surface area contributed by atoms with Crippen molar-refractivity contribution in [1.29, 1.82) is 0 Å². The van der Waals surface area contributed by atoms with Gasteiger partial charge in [0.2, 0.25) is 0 Å². The molecule has 0 saturated heterocycles. The summed E-state index contributed by atoms with van der Waals surface area (Å²) >= 11 is 0. The molecule has 0 unspecified atom stereocenters. The van der Waals surface area contributed by atoms with Crippen LogP contribution >= 0.6 is 0 Å². The van der Waals surface area contributed by atoms with E-state index in [-0.39, 0.29) is 11.7 Å². The minimum absolute atomic E-state index is 0.0458. The Morgan fingerprint density at radius 2 is 2.17 bits per heavy atom. The molecule has 0 atom stereocenters. The predicted molar refractivity (Wildman–Crippen MR) is 84.6 cm³/mol. The fraction of sp³-hybridized carbons (Fsp3) is 0.294. The first-order valence-corrected chi connectivity index (χ1v) is 7.59. The summed E-state index contributed by atoms with van der Waals surface area (Å²) in [5.41, 5.74) is 3.05. The van der Waals surface area contributed by atoms with Gasteiger partial charge in [-0.1, -0.05) is 12.1 Å². The van der Waals surface area contributed by atoms with Crippen LogP contribution in [0.25, 0.3) is 10.9 Å². The molecule has 0 aliphatic carbocycles. The van der Waals surface area contributed by atoms with Gasteiger partial charge in [0, 0.05) is 43.0 Å². The Morgan fingerprint density at radius 3 is 2.91 bits per heavy atom. The van der Waals surface area contributed by atoms with E-state index in [4.69, 9.17) is 0 Å². The zero-order chi connectivity index (χ0) is 16.1. The summed E-state index contributed by atoms with van der Waals surface area (Å²) < 4.78 is 17.9. The molecule has 0 saturated carbocycles. The molecule has 0 N–H and O–H groups in total. The van der Waals surface area contributed by atoms with Gasteiger partial charge >= 0.3 is 0 Å². The molecule has 3 heterocycles. The molecule has 118 valence electrons. The Morgan fingerprint density at radius 1 is 1.35 bits per heavy atom. The smallest absolute Gasteiger partial charge is 0.257 e. The molecule has 23 heavy (non-hydrogen) atoms. The van der Waals surface area contributed by atoms with Crippen molar-refractivity contribution in [2.45, 2.75) is 20.0 Å². The van der Waals surface area contributed by atoms with Crippen molar-refractivity contribution in [1.82, 2.24) is 19.0 Å². The largest absolute Gasteiger partial charge is 0.344 e. The van der Waals surface area contributed by atoms with Gasteiger partial charge in [-0.15, -0.1) is 0 Å². The molecule has 1 aromatic carbocycles. The standard InChI is InChI=1S/C17H17FN4O/c1-11-8-19-9-22(11)10-21-7-6-14-15(17(21)23)12-4-3-5-13(18)16(12)20(14)2/h3-5,8-9H,6-7,10H2,1-2H3. The number of nitrogens with zero attached hydrogens (tertiary/aromatic N) is 4. The van der Waals surface area contributed by atoms with Crippen LogP contribution in [0.2, 0.25) is 0 Å². The van der Waals surface area contributed by atoms with Crippen LogP contribution in [0.15, 0.2) is 30.7 Å². The molecule has 0 radical (unpaired) electrons. The van der Waals surface area contributed by atoms with Gasteiger partial charge in [0.15, 0.2) is 0 Å². The second-order valence-corrected chi connectivity index (χ2v) is 5.98. The zero-order valence-electron chi connectivity index (χ0n) is 13.1. The third-order valence-corrected chi connectivity index (χ3v) is 4.65. The normalized spacial score (nSPS) is 14.6. The molecule has 1 amide bonds. The lowest BCUT2D eigenvalue weighted by Crippen LogP contribution is -2.39. The summed E-state index contributed by atoms with van der Waals surface area (Å²) in [5, 5.41) is 0.694. The molecule has 1 aliphatic rings. The molecule has 4 rings (SSSR count). The average Bonchev–Trinajstić information content (AvgIpc) is 3.06. The maximum atomic E-state index is 14.2. The molecule has 0 fully saturated rings. The van der Waals surface area contributed by atoms with Crippen LogP contribution in [0, 0.1) is 12.7 Å². The van der Waals surface area contributed by atoms with E-state index in [1.165, 1.54) is 6.07 Å². The Labute approximate surface area is 132 Å². The SMILES string of the molecule is Cc1cncn1CN1CCc2c(c3cccc(F)c3n2C)C1=O. The topological polar surface area (TPSA) is 43.1 Å². The van der Waals surface area contributed by atoms with Gasteiger partial charge in [-0.25, -0.2) is 9.37 Å². The lowest BCUT2D eigenvalue weighted by molar-refractivity contribution is 0.0684. The van der Waals surface area contributed by atoms with Crippen LogP contribution in [0.4, 0.5) is 4.39 Å². The molecule has 5 nitrogen and oxygen atoms in total. The highest BCUT2D eigenvalue weighted by Gasteiger charge is 2.30. The first-order valence-electron chi connectivity index (χ1n) is 7.59. The van der Waals surface area contributed by atoms with E-state index in [2.05, 4.69) is 4.98 Å². The van der Waals surface area contributed by atoms with Crippen molar-refractivity contribution in [3.8, 4) is 0 Å². The van der Waals surface area contributed by atoms with E-state index in [1.54, 1.807) is 23.5 Å². The first-order chi connectivity index (χ1) is 11.1. The van der Waals surface area contributed by atoms with Gasteiger partial charge < -0.3 is 14.0 Å². The van der Waals surface area contributed by atoms with E-state index in [0.717, 1.165) is 17.8 Å². The molecule has 0 spiro atoms. The molecular formula is C17H17FN4O. The maximum Gasteiger partial charge on any atom is 0.257 e.